The van der Waals surface area contributed by atoms with Crippen LogP contribution in [0.2, 0.25) is 0 Å². The van der Waals surface area contributed by atoms with Crippen molar-refractivity contribution in [2.45, 2.75) is 73.0 Å². The molecule has 0 aromatic carbocycles. The fraction of sp³-hybridized carbons (Fsp3) is 0.433. The normalized spacial score (nSPS) is 18.7. The highest BCUT2D eigenvalue weighted by molar-refractivity contribution is 5.94. The maximum atomic E-state index is 12.9. The lowest BCUT2D eigenvalue weighted by molar-refractivity contribution is -0.120. The van der Waals surface area contributed by atoms with E-state index in [2.05, 4.69) is 55.5 Å². The summed E-state index contributed by atoms with van der Waals surface area (Å²) in [4.78, 5) is 12.9. The third-order valence-corrected chi connectivity index (χ3v) is 6.09. The van der Waals surface area contributed by atoms with Gasteiger partial charge in [0.25, 0.3) is 0 Å². The summed E-state index contributed by atoms with van der Waals surface area (Å²) < 4.78 is 0. The number of allylic oxidation sites excluding steroid dienone is 11. The van der Waals surface area contributed by atoms with E-state index in [1.165, 1.54) is 0 Å². The van der Waals surface area contributed by atoms with E-state index < -0.39 is 5.60 Å². The van der Waals surface area contributed by atoms with Gasteiger partial charge in [0.1, 0.15) is 0 Å². The van der Waals surface area contributed by atoms with Crippen molar-refractivity contribution in [1.29, 1.82) is 0 Å². The van der Waals surface area contributed by atoms with Crippen LogP contribution in [0.15, 0.2) is 83.6 Å². The molecule has 1 aliphatic carbocycles. The van der Waals surface area contributed by atoms with E-state index in [0.29, 0.717) is 5.57 Å². The number of nitrogens with one attached hydrogen (secondary N) is 1. The van der Waals surface area contributed by atoms with E-state index in [9.17, 15) is 9.90 Å². The van der Waals surface area contributed by atoms with E-state index in [1.807, 2.05) is 39.0 Å². The Morgan fingerprint density at radius 1 is 1.30 bits per heavy atom. The van der Waals surface area contributed by atoms with Gasteiger partial charge in [0.15, 0.2) is 0 Å². The molecule has 3 nitrogen and oxygen atoms in total. The van der Waals surface area contributed by atoms with Gasteiger partial charge in [-0.05, 0) is 58.1 Å². The topological polar surface area (TPSA) is 49.3 Å². The van der Waals surface area contributed by atoms with Crippen LogP contribution in [0.4, 0.5) is 0 Å². The third-order valence-electron chi connectivity index (χ3n) is 6.09. The lowest BCUT2D eigenvalue weighted by atomic mass is 9.93. The first-order valence-electron chi connectivity index (χ1n) is 11.8. The summed E-state index contributed by atoms with van der Waals surface area (Å²) in [5, 5.41) is 13.1. The van der Waals surface area contributed by atoms with Gasteiger partial charge in [-0.2, -0.15) is 0 Å². The maximum Gasteiger partial charge on any atom is 0.247 e. The molecule has 0 saturated heterocycles. The molecule has 1 aliphatic rings. The molecule has 0 aliphatic heterocycles. The first-order chi connectivity index (χ1) is 15.4. The smallest absolute Gasteiger partial charge is 0.247 e. The second-order valence-corrected chi connectivity index (χ2v) is 9.25. The fourth-order valence-electron chi connectivity index (χ4n) is 3.12. The zero-order valence-electron chi connectivity index (χ0n) is 21.5. The number of rotatable bonds is 9. The number of carbonyl (C=O) groups is 1. The number of amides is 1. The van der Waals surface area contributed by atoms with Gasteiger partial charge in [-0.25, -0.2) is 0 Å². The van der Waals surface area contributed by atoms with Gasteiger partial charge in [-0.1, -0.05) is 87.8 Å². The zero-order valence-corrected chi connectivity index (χ0v) is 21.5. The van der Waals surface area contributed by atoms with Gasteiger partial charge in [0.05, 0.1) is 11.6 Å². The first-order valence-corrected chi connectivity index (χ1v) is 11.8. The minimum Gasteiger partial charge on any atom is -0.388 e. The lowest BCUT2D eigenvalue weighted by Crippen LogP contribution is -2.48. The Labute approximate surface area is 201 Å². The Morgan fingerprint density at radius 3 is 2.48 bits per heavy atom. The Balaban J connectivity index is 3.23. The van der Waals surface area contributed by atoms with Crippen LogP contribution in [0, 0.1) is 23.7 Å². The Morgan fingerprint density at radius 2 is 1.97 bits per heavy atom. The molecule has 2 N–H and O–H groups in total. The number of hydrogen-bond donors (Lipinski definition) is 2. The first kappa shape index (κ1) is 28.2. The maximum absolute atomic E-state index is 12.9. The Bertz CT molecular complexity index is 951. The summed E-state index contributed by atoms with van der Waals surface area (Å²) in [6.45, 7) is 21.4. The monoisotopic (exact) mass is 447 g/mol. The summed E-state index contributed by atoms with van der Waals surface area (Å²) in [7, 11) is 0. The summed E-state index contributed by atoms with van der Waals surface area (Å²) in [5.74, 6) is 6.64. The van der Waals surface area contributed by atoms with Crippen molar-refractivity contribution in [1.82, 2.24) is 5.32 Å². The van der Waals surface area contributed by atoms with Crippen LogP contribution in [0.1, 0.15) is 61.3 Å². The average molecular weight is 448 g/mol. The van der Waals surface area contributed by atoms with Gasteiger partial charge >= 0.3 is 0 Å². The van der Waals surface area contributed by atoms with Crippen molar-refractivity contribution in [2.75, 3.05) is 0 Å². The highest BCUT2D eigenvalue weighted by atomic mass is 16.3. The lowest BCUT2D eigenvalue weighted by Gasteiger charge is -2.27. The molecule has 0 radical (unpaired) electrons. The van der Waals surface area contributed by atoms with Crippen LogP contribution >= 0.6 is 0 Å². The second kappa shape index (κ2) is 13.0. The number of carbonyl (C=O) groups excluding carboxylic acids is 1. The standard InChI is InChI=1S/C30H41NO2/c1-10-22(6)28(29(32)31-23(7)30(8,9)33)19-17-24(11-2)16-18-26-14-13-15-27(21(4)5)20-25(26)12-3/h11,13-15,17,19-20,22-23,25,33H,2,4,10,12H2,1,3,5-9H3,(H,31,32). The van der Waals surface area contributed by atoms with E-state index in [4.69, 9.17) is 0 Å². The summed E-state index contributed by atoms with van der Waals surface area (Å²) >= 11 is 0. The quantitative estimate of drug-likeness (QED) is 0.245. The molecule has 3 atom stereocenters. The predicted octanol–water partition coefficient (Wildman–Crippen LogP) is 6.38. The molecule has 0 spiro atoms. The Kier molecular flexibility index (Phi) is 11.1. The van der Waals surface area contributed by atoms with Gasteiger partial charge in [-0.15, -0.1) is 0 Å². The number of aliphatic hydroxyl groups is 1. The summed E-state index contributed by atoms with van der Waals surface area (Å²) in [5.41, 5.74) is 3.62. The molecule has 1 amide bonds. The SMILES string of the molecule is C=CC(C#CC1=CC=CC(C(=C)C)=CC1CC)=CC=C(C(=O)NC(C)C(C)(C)O)C(C)CC. The van der Waals surface area contributed by atoms with Crippen LogP contribution < -0.4 is 5.32 Å². The van der Waals surface area contributed by atoms with Gasteiger partial charge < -0.3 is 10.4 Å². The van der Waals surface area contributed by atoms with E-state index in [1.54, 1.807) is 26.8 Å². The Hall–Kier alpha value is -2.83. The molecule has 33 heavy (non-hydrogen) atoms. The van der Waals surface area contributed by atoms with Crippen molar-refractivity contribution in [3.05, 3.63) is 83.6 Å². The fourth-order valence-corrected chi connectivity index (χ4v) is 3.12. The third kappa shape index (κ3) is 8.91. The average Bonchev–Trinajstić information content (AvgIpc) is 2.97. The molecule has 3 unspecified atom stereocenters. The highest BCUT2D eigenvalue weighted by Gasteiger charge is 2.26. The highest BCUT2D eigenvalue weighted by Crippen LogP contribution is 2.24. The zero-order chi connectivity index (χ0) is 25.2. The van der Waals surface area contributed by atoms with Crippen LogP contribution in [-0.2, 0) is 4.79 Å². The van der Waals surface area contributed by atoms with Crippen molar-refractivity contribution in [2.24, 2.45) is 11.8 Å². The largest absolute Gasteiger partial charge is 0.388 e. The second-order valence-electron chi connectivity index (χ2n) is 9.25. The molecule has 0 saturated carbocycles. The summed E-state index contributed by atoms with van der Waals surface area (Å²) in [6, 6.07) is -0.376. The molecule has 0 bridgehead atoms. The van der Waals surface area contributed by atoms with Crippen molar-refractivity contribution in [3.63, 3.8) is 0 Å². The van der Waals surface area contributed by atoms with E-state index in [-0.39, 0.29) is 23.8 Å². The van der Waals surface area contributed by atoms with Crippen LogP contribution in [0.3, 0.4) is 0 Å². The van der Waals surface area contributed by atoms with E-state index in [0.717, 1.165) is 35.1 Å². The molecule has 0 heterocycles. The predicted molar refractivity (Wildman–Crippen MR) is 141 cm³/mol. The van der Waals surface area contributed by atoms with Crippen LogP contribution in [-0.4, -0.2) is 22.7 Å². The molecule has 0 aromatic rings. The molecular formula is C30H41NO2. The van der Waals surface area contributed by atoms with Gasteiger partial charge in [0, 0.05) is 22.6 Å². The van der Waals surface area contributed by atoms with Gasteiger partial charge in [-0.3, -0.25) is 4.79 Å². The molecule has 0 fully saturated rings. The van der Waals surface area contributed by atoms with E-state index >= 15 is 0 Å². The molecular weight excluding hydrogens is 406 g/mol. The molecule has 1 rings (SSSR count). The number of hydrogen-bond acceptors (Lipinski definition) is 2. The minimum absolute atomic E-state index is 0.0687. The minimum atomic E-state index is -1.00. The van der Waals surface area contributed by atoms with Crippen molar-refractivity contribution >= 4 is 5.91 Å². The van der Waals surface area contributed by atoms with Crippen molar-refractivity contribution in [3.8, 4) is 11.8 Å². The van der Waals surface area contributed by atoms with Crippen molar-refractivity contribution < 1.29 is 9.90 Å². The molecule has 3 heteroatoms. The van der Waals surface area contributed by atoms with Gasteiger partial charge in [0.2, 0.25) is 5.91 Å². The molecule has 178 valence electrons. The molecule has 0 aromatic heterocycles. The summed E-state index contributed by atoms with van der Waals surface area (Å²) in [6.07, 6.45) is 15.5. The van der Waals surface area contributed by atoms with Crippen LogP contribution in [0.25, 0.3) is 0 Å². The van der Waals surface area contributed by atoms with Crippen LogP contribution in [0.5, 0.6) is 0 Å².